The second-order valence-corrected chi connectivity index (χ2v) is 7.25. The second kappa shape index (κ2) is 7.09. The molecule has 0 radical (unpaired) electrons. The van der Waals surface area contributed by atoms with Gasteiger partial charge in [0, 0.05) is 0 Å². The lowest BCUT2D eigenvalue weighted by Crippen LogP contribution is -2.50. The lowest BCUT2D eigenvalue weighted by Gasteiger charge is -2.38. The van der Waals surface area contributed by atoms with Crippen molar-refractivity contribution in [1.82, 2.24) is 5.48 Å². The summed E-state index contributed by atoms with van der Waals surface area (Å²) in [7, 11) is 0. The highest BCUT2D eigenvalue weighted by Crippen LogP contribution is 2.44. The molecule has 2 bridgehead atoms. The van der Waals surface area contributed by atoms with Crippen LogP contribution in [0.15, 0.2) is 30.3 Å². The molecular formula is C16H21NO5S. The standard InChI is InChI=1S/C16H21NO5S/c18-15(17-21-10-12-4-2-1-3-5-12)16(11-23(19)20)8-13-6-7-14(9-16)22-13/h1-5,13-14H,6-11H2,(H,17,18)(H,19,20). The van der Waals surface area contributed by atoms with E-state index in [1.807, 2.05) is 30.3 Å². The first-order valence-corrected chi connectivity index (χ1v) is 9.04. The zero-order valence-corrected chi connectivity index (χ0v) is 13.6. The third-order valence-corrected chi connectivity index (χ3v) is 5.36. The Morgan fingerprint density at radius 3 is 2.57 bits per heavy atom. The summed E-state index contributed by atoms with van der Waals surface area (Å²) >= 11 is -2.04. The van der Waals surface area contributed by atoms with Crippen LogP contribution in [0.5, 0.6) is 0 Å². The summed E-state index contributed by atoms with van der Waals surface area (Å²) < 4.78 is 26.4. The number of ether oxygens (including phenoxy) is 1. The van der Waals surface area contributed by atoms with Crippen LogP contribution in [-0.4, -0.2) is 32.6 Å². The molecule has 2 aliphatic heterocycles. The molecule has 3 rings (SSSR count). The topological polar surface area (TPSA) is 84.9 Å². The zero-order valence-electron chi connectivity index (χ0n) is 12.8. The molecule has 1 aromatic carbocycles. The lowest BCUT2D eigenvalue weighted by molar-refractivity contribution is -0.153. The normalized spacial score (nSPS) is 30.8. The Kier molecular flexibility index (Phi) is 5.11. The van der Waals surface area contributed by atoms with Crippen LogP contribution in [0.1, 0.15) is 31.2 Å². The van der Waals surface area contributed by atoms with Crippen molar-refractivity contribution in [1.29, 1.82) is 0 Å². The van der Waals surface area contributed by atoms with E-state index in [2.05, 4.69) is 5.48 Å². The SMILES string of the molecule is O=C(NOCc1ccccc1)C1(CS(=O)O)CC2CCC(C1)O2. The number of hydrogen-bond donors (Lipinski definition) is 2. The van der Waals surface area contributed by atoms with Crippen LogP contribution in [0.2, 0.25) is 0 Å². The minimum absolute atomic E-state index is 0.00262. The highest BCUT2D eigenvalue weighted by Gasteiger charge is 2.50. The molecule has 0 aromatic heterocycles. The van der Waals surface area contributed by atoms with Gasteiger partial charge < -0.3 is 9.29 Å². The Hall–Kier alpha value is -1.28. The number of carbonyl (C=O) groups excluding carboxylic acids is 1. The van der Waals surface area contributed by atoms with Crippen molar-refractivity contribution in [2.45, 2.75) is 44.5 Å². The zero-order chi connectivity index (χ0) is 16.3. The largest absolute Gasteiger partial charge is 0.375 e. The number of nitrogens with one attached hydrogen (secondary N) is 1. The molecule has 2 aliphatic rings. The molecule has 2 heterocycles. The predicted molar refractivity (Wildman–Crippen MR) is 84.6 cm³/mol. The van der Waals surface area contributed by atoms with Crippen LogP contribution >= 0.6 is 0 Å². The molecule has 3 unspecified atom stereocenters. The number of rotatable bonds is 6. The summed E-state index contributed by atoms with van der Waals surface area (Å²) in [5.41, 5.74) is 2.53. The van der Waals surface area contributed by atoms with Crippen molar-refractivity contribution in [3.63, 3.8) is 0 Å². The Morgan fingerprint density at radius 2 is 1.96 bits per heavy atom. The van der Waals surface area contributed by atoms with Crippen molar-refractivity contribution < 1.29 is 23.1 Å². The molecule has 3 atom stereocenters. The fourth-order valence-electron chi connectivity index (χ4n) is 3.51. The van der Waals surface area contributed by atoms with E-state index < -0.39 is 16.5 Å². The Balaban J connectivity index is 1.62. The van der Waals surface area contributed by atoms with Gasteiger partial charge in [0.05, 0.1) is 30.0 Å². The molecule has 0 spiro atoms. The molecule has 0 saturated carbocycles. The van der Waals surface area contributed by atoms with Gasteiger partial charge >= 0.3 is 0 Å². The van der Waals surface area contributed by atoms with Gasteiger partial charge in [-0.2, -0.15) is 0 Å². The minimum Gasteiger partial charge on any atom is -0.375 e. The number of hydrogen-bond acceptors (Lipinski definition) is 4. The summed E-state index contributed by atoms with van der Waals surface area (Å²) in [4.78, 5) is 17.9. The molecule has 0 aliphatic carbocycles. The van der Waals surface area contributed by atoms with Gasteiger partial charge in [-0.25, -0.2) is 9.69 Å². The molecule has 2 N–H and O–H groups in total. The van der Waals surface area contributed by atoms with Gasteiger partial charge in [-0.3, -0.25) is 9.63 Å². The summed E-state index contributed by atoms with van der Waals surface area (Å²) in [6.45, 7) is 0.258. The van der Waals surface area contributed by atoms with Gasteiger partial charge in [0.2, 0.25) is 0 Å². The van der Waals surface area contributed by atoms with E-state index >= 15 is 0 Å². The molecule has 126 valence electrons. The minimum atomic E-state index is -2.04. The maximum atomic E-state index is 12.6. The molecule has 6 nitrogen and oxygen atoms in total. The molecule has 2 fully saturated rings. The van der Waals surface area contributed by atoms with Gasteiger partial charge in [-0.15, -0.1) is 0 Å². The van der Waals surface area contributed by atoms with Crippen LogP contribution in [-0.2, 0) is 32.1 Å². The van der Waals surface area contributed by atoms with Crippen LogP contribution in [0.25, 0.3) is 0 Å². The van der Waals surface area contributed by atoms with Gasteiger partial charge in [0.25, 0.3) is 5.91 Å². The summed E-state index contributed by atoms with van der Waals surface area (Å²) in [5, 5.41) is 0. The molecule has 1 aromatic rings. The number of fused-ring (bicyclic) bond motifs is 2. The molecule has 23 heavy (non-hydrogen) atoms. The first kappa shape index (κ1) is 16.6. The summed E-state index contributed by atoms with van der Waals surface area (Å²) in [5.74, 6) is -0.403. The van der Waals surface area contributed by atoms with E-state index in [4.69, 9.17) is 9.57 Å². The molecule has 1 amide bonds. The van der Waals surface area contributed by atoms with E-state index in [1.54, 1.807) is 0 Å². The van der Waals surface area contributed by atoms with Crippen molar-refractivity contribution in [2.75, 3.05) is 5.75 Å². The average molecular weight is 339 g/mol. The number of benzene rings is 1. The maximum Gasteiger partial charge on any atom is 0.250 e. The fourth-order valence-corrected chi connectivity index (χ4v) is 4.35. The van der Waals surface area contributed by atoms with Crippen molar-refractivity contribution in [3.8, 4) is 0 Å². The van der Waals surface area contributed by atoms with Crippen molar-refractivity contribution >= 4 is 17.0 Å². The molecular weight excluding hydrogens is 318 g/mol. The fraction of sp³-hybridized carbons (Fsp3) is 0.562. The molecule has 7 heteroatoms. The summed E-state index contributed by atoms with van der Waals surface area (Å²) in [6, 6.07) is 9.50. The van der Waals surface area contributed by atoms with E-state index in [0.717, 1.165) is 18.4 Å². The Bertz CT molecular complexity index is 567. The van der Waals surface area contributed by atoms with Gasteiger partial charge in [0.1, 0.15) is 0 Å². The van der Waals surface area contributed by atoms with Gasteiger partial charge in [-0.1, -0.05) is 30.3 Å². The maximum absolute atomic E-state index is 12.6. The highest BCUT2D eigenvalue weighted by atomic mass is 32.2. The monoisotopic (exact) mass is 339 g/mol. The predicted octanol–water partition coefficient (Wildman–Crippen LogP) is 1.78. The van der Waals surface area contributed by atoms with Gasteiger partial charge in [0.15, 0.2) is 11.1 Å². The first-order chi connectivity index (χ1) is 11.1. The number of amides is 1. The van der Waals surface area contributed by atoms with E-state index in [-0.39, 0.29) is 30.5 Å². The average Bonchev–Trinajstić information content (AvgIpc) is 2.87. The van der Waals surface area contributed by atoms with Crippen LogP contribution in [0.4, 0.5) is 0 Å². The smallest absolute Gasteiger partial charge is 0.250 e. The Labute approximate surface area is 137 Å². The van der Waals surface area contributed by atoms with Crippen molar-refractivity contribution in [2.24, 2.45) is 5.41 Å². The third kappa shape index (κ3) is 3.98. The van der Waals surface area contributed by atoms with Crippen LogP contribution in [0.3, 0.4) is 0 Å². The van der Waals surface area contributed by atoms with Crippen LogP contribution < -0.4 is 5.48 Å². The highest BCUT2D eigenvalue weighted by molar-refractivity contribution is 7.79. The molecule has 2 saturated heterocycles. The van der Waals surface area contributed by atoms with Crippen molar-refractivity contribution in [3.05, 3.63) is 35.9 Å². The van der Waals surface area contributed by atoms with Gasteiger partial charge in [-0.05, 0) is 31.2 Å². The van der Waals surface area contributed by atoms with E-state index in [1.165, 1.54) is 0 Å². The van der Waals surface area contributed by atoms with E-state index in [9.17, 15) is 13.6 Å². The number of hydroxylamine groups is 1. The number of carbonyl (C=O) groups is 1. The quantitative estimate of drug-likeness (QED) is 0.610. The van der Waals surface area contributed by atoms with Crippen LogP contribution in [0, 0.1) is 5.41 Å². The third-order valence-electron chi connectivity index (χ3n) is 4.56. The first-order valence-electron chi connectivity index (χ1n) is 7.76. The lowest BCUT2D eigenvalue weighted by atomic mass is 9.78. The van der Waals surface area contributed by atoms with E-state index in [0.29, 0.717) is 12.8 Å². The second-order valence-electron chi connectivity index (χ2n) is 6.32. The summed E-state index contributed by atoms with van der Waals surface area (Å²) in [6.07, 6.45) is 2.74. The Morgan fingerprint density at radius 1 is 1.30 bits per heavy atom.